The second kappa shape index (κ2) is 7.56. The summed E-state index contributed by atoms with van der Waals surface area (Å²) in [5.74, 6) is 0.570. The molecular weight excluding hydrogens is 420 g/mol. The highest BCUT2D eigenvalue weighted by atomic mass is 79.9. The van der Waals surface area contributed by atoms with Crippen molar-refractivity contribution in [1.82, 2.24) is 19.5 Å². The van der Waals surface area contributed by atoms with Gasteiger partial charge in [0.2, 0.25) is 10.0 Å². The Bertz CT molecular complexity index is 989. The average molecular weight is 437 g/mol. The lowest BCUT2D eigenvalue weighted by Gasteiger charge is -2.16. The zero-order valence-electron chi connectivity index (χ0n) is 14.1. The van der Waals surface area contributed by atoms with Crippen molar-refractivity contribution in [1.29, 1.82) is 0 Å². The summed E-state index contributed by atoms with van der Waals surface area (Å²) in [7, 11) is -2.15. The maximum absolute atomic E-state index is 12.6. The van der Waals surface area contributed by atoms with E-state index in [2.05, 4.69) is 30.7 Å². The molecule has 136 valence electrons. The molecule has 0 bridgehead atoms. The minimum Gasteiger partial charge on any atom is -0.496 e. The van der Waals surface area contributed by atoms with Crippen molar-refractivity contribution in [2.24, 2.45) is 0 Å². The van der Waals surface area contributed by atoms with Crippen LogP contribution in [0.3, 0.4) is 0 Å². The summed E-state index contributed by atoms with van der Waals surface area (Å²) in [5, 5.41) is 4.06. The van der Waals surface area contributed by atoms with E-state index >= 15 is 0 Å². The third-order valence-corrected chi connectivity index (χ3v) is 6.00. The smallest absolute Gasteiger partial charge is 0.241 e. The Hall–Kier alpha value is -2.23. The fourth-order valence-electron chi connectivity index (χ4n) is 2.44. The molecule has 0 aliphatic rings. The third kappa shape index (κ3) is 3.95. The molecule has 1 atom stereocenters. The van der Waals surface area contributed by atoms with Crippen LogP contribution in [0.5, 0.6) is 5.75 Å². The van der Waals surface area contributed by atoms with Crippen molar-refractivity contribution in [2.45, 2.75) is 17.9 Å². The molecule has 9 heteroatoms. The van der Waals surface area contributed by atoms with E-state index in [1.165, 1.54) is 25.6 Å². The number of ether oxygens (including phenoxy) is 1. The summed E-state index contributed by atoms with van der Waals surface area (Å²) in [6.07, 6.45) is 3.06. The first-order valence-electron chi connectivity index (χ1n) is 7.71. The first kappa shape index (κ1) is 18.6. The molecule has 1 heterocycles. The predicted molar refractivity (Wildman–Crippen MR) is 101 cm³/mol. The number of hydrogen-bond donors (Lipinski definition) is 1. The lowest BCUT2D eigenvalue weighted by Crippen LogP contribution is -2.26. The normalized spacial score (nSPS) is 12.7. The number of halogens is 1. The van der Waals surface area contributed by atoms with Gasteiger partial charge >= 0.3 is 0 Å². The van der Waals surface area contributed by atoms with Gasteiger partial charge in [-0.15, -0.1) is 0 Å². The average Bonchev–Trinajstić information content (AvgIpc) is 3.16. The van der Waals surface area contributed by atoms with Crippen molar-refractivity contribution in [3.63, 3.8) is 0 Å². The molecule has 0 radical (unpaired) electrons. The van der Waals surface area contributed by atoms with Crippen LogP contribution in [-0.4, -0.2) is 30.3 Å². The van der Waals surface area contributed by atoms with Gasteiger partial charge in [0.05, 0.1) is 22.2 Å². The van der Waals surface area contributed by atoms with Gasteiger partial charge in [0.15, 0.2) is 0 Å². The molecule has 7 nitrogen and oxygen atoms in total. The minimum atomic E-state index is -3.67. The summed E-state index contributed by atoms with van der Waals surface area (Å²) < 4.78 is 35.3. The van der Waals surface area contributed by atoms with Gasteiger partial charge in [0.1, 0.15) is 18.4 Å². The number of rotatable bonds is 6. The molecule has 1 aromatic heterocycles. The Kier molecular flexibility index (Phi) is 5.40. The predicted octanol–water partition coefficient (Wildman–Crippen LogP) is 3.08. The Balaban J connectivity index is 1.78. The number of hydrogen-bond acceptors (Lipinski definition) is 5. The van der Waals surface area contributed by atoms with Crippen LogP contribution >= 0.6 is 15.9 Å². The summed E-state index contributed by atoms with van der Waals surface area (Å²) >= 11 is 3.31. The topological polar surface area (TPSA) is 86.1 Å². The molecule has 0 aliphatic heterocycles. The molecule has 0 fully saturated rings. The van der Waals surface area contributed by atoms with Gasteiger partial charge in [-0.1, -0.05) is 12.1 Å². The molecule has 26 heavy (non-hydrogen) atoms. The summed E-state index contributed by atoms with van der Waals surface area (Å²) in [6, 6.07) is 11.7. The zero-order chi connectivity index (χ0) is 18.7. The minimum absolute atomic E-state index is 0.163. The summed E-state index contributed by atoms with van der Waals surface area (Å²) in [4.78, 5) is 4.07. The molecule has 0 aliphatic carbocycles. The van der Waals surface area contributed by atoms with Crippen LogP contribution in [0.1, 0.15) is 18.5 Å². The third-order valence-electron chi connectivity index (χ3n) is 3.84. The molecule has 3 rings (SSSR count). The molecule has 1 unspecified atom stereocenters. The van der Waals surface area contributed by atoms with Crippen LogP contribution in [0.2, 0.25) is 0 Å². The monoisotopic (exact) mass is 436 g/mol. The van der Waals surface area contributed by atoms with Crippen LogP contribution in [0, 0.1) is 0 Å². The van der Waals surface area contributed by atoms with Gasteiger partial charge in [0.25, 0.3) is 0 Å². The van der Waals surface area contributed by atoms with Crippen LogP contribution in [0.15, 0.2) is 64.5 Å². The van der Waals surface area contributed by atoms with E-state index in [-0.39, 0.29) is 4.90 Å². The van der Waals surface area contributed by atoms with E-state index in [0.717, 1.165) is 11.3 Å². The number of sulfonamides is 1. The molecule has 0 spiro atoms. The second-order valence-electron chi connectivity index (χ2n) is 5.57. The van der Waals surface area contributed by atoms with Crippen molar-refractivity contribution in [3.8, 4) is 11.4 Å². The maximum Gasteiger partial charge on any atom is 0.241 e. The molecule has 0 amide bonds. The van der Waals surface area contributed by atoms with Gasteiger partial charge in [-0.25, -0.2) is 22.8 Å². The van der Waals surface area contributed by atoms with Crippen LogP contribution < -0.4 is 9.46 Å². The first-order chi connectivity index (χ1) is 12.4. The molecule has 0 saturated heterocycles. The van der Waals surface area contributed by atoms with E-state index in [1.807, 2.05) is 24.3 Å². The van der Waals surface area contributed by atoms with Crippen LogP contribution in [-0.2, 0) is 10.0 Å². The maximum atomic E-state index is 12.6. The number of aromatic nitrogens is 3. The fourth-order valence-corrected chi connectivity index (χ4v) is 4.39. The highest BCUT2D eigenvalue weighted by Gasteiger charge is 2.19. The first-order valence-corrected chi connectivity index (χ1v) is 9.99. The van der Waals surface area contributed by atoms with Gasteiger partial charge in [-0.3, -0.25) is 0 Å². The Morgan fingerprint density at radius 1 is 1.19 bits per heavy atom. The number of nitrogens with one attached hydrogen (secondary N) is 1. The Morgan fingerprint density at radius 2 is 1.92 bits per heavy atom. The molecule has 3 aromatic rings. The van der Waals surface area contributed by atoms with Crippen molar-refractivity contribution < 1.29 is 13.2 Å². The van der Waals surface area contributed by atoms with Gasteiger partial charge < -0.3 is 4.74 Å². The Morgan fingerprint density at radius 3 is 2.50 bits per heavy atom. The van der Waals surface area contributed by atoms with Crippen molar-refractivity contribution in [2.75, 3.05) is 7.11 Å². The van der Waals surface area contributed by atoms with E-state index in [9.17, 15) is 8.42 Å². The number of benzene rings is 2. The highest BCUT2D eigenvalue weighted by molar-refractivity contribution is 9.10. The summed E-state index contributed by atoms with van der Waals surface area (Å²) in [5.41, 5.74) is 1.69. The largest absolute Gasteiger partial charge is 0.496 e. The van der Waals surface area contributed by atoms with E-state index in [1.54, 1.807) is 24.0 Å². The lowest BCUT2D eigenvalue weighted by atomic mass is 10.1. The van der Waals surface area contributed by atoms with Crippen molar-refractivity contribution in [3.05, 3.63) is 65.2 Å². The number of methoxy groups -OCH3 is 1. The molecule has 2 aromatic carbocycles. The zero-order valence-corrected chi connectivity index (χ0v) is 16.5. The van der Waals surface area contributed by atoms with Crippen LogP contribution in [0.25, 0.3) is 5.69 Å². The fraction of sp³-hybridized carbons (Fsp3) is 0.176. The Labute approximate surface area is 160 Å². The molecule has 0 saturated carbocycles. The standard InChI is InChI=1S/C17H17BrN4O3S/c1-12(13-3-5-14(6-4-13)22-11-19-10-20-22)21-26(23,24)15-7-8-17(25-2)16(18)9-15/h3-12,21H,1-2H3. The van der Waals surface area contributed by atoms with Gasteiger partial charge in [0, 0.05) is 6.04 Å². The molecular formula is C17H17BrN4O3S. The van der Waals surface area contributed by atoms with E-state index in [0.29, 0.717) is 10.2 Å². The van der Waals surface area contributed by atoms with Gasteiger partial charge in [-0.05, 0) is 58.7 Å². The quantitative estimate of drug-likeness (QED) is 0.641. The van der Waals surface area contributed by atoms with Gasteiger partial charge in [-0.2, -0.15) is 5.10 Å². The lowest BCUT2D eigenvalue weighted by molar-refractivity contribution is 0.411. The van der Waals surface area contributed by atoms with Crippen LogP contribution in [0.4, 0.5) is 0 Å². The van der Waals surface area contributed by atoms with Crippen molar-refractivity contribution >= 4 is 26.0 Å². The number of nitrogens with zero attached hydrogens (tertiary/aromatic N) is 3. The van der Waals surface area contributed by atoms with E-state index < -0.39 is 16.1 Å². The SMILES string of the molecule is COc1ccc(S(=O)(=O)NC(C)c2ccc(-n3cncn3)cc2)cc1Br. The van der Waals surface area contributed by atoms with E-state index in [4.69, 9.17) is 4.74 Å². The summed E-state index contributed by atoms with van der Waals surface area (Å²) in [6.45, 7) is 1.79. The highest BCUT2D eigenvalue weighted by Crippen LogP contribution is 2.28. The molecule has 1 N–H and O–H groups in total. The second-order valence-corrected chi connectivity index (χ2v) is 8.14.